The number of hydrogen-bond acceptors (Lipinski definition) is 13. The number of aliphatic hydroxyl groups excluding tert-OH is 2. The number of fused-ring (bicyclic) bond motifs is 1. The van der Waals surface area contributed by atoms with Crippen LogP contribution in [0.4, 0.5) is 16.2 Å². The normalized spacial score (nSPS) is 21.2. The van der Waals surface area contributed by atoms with Crippen LogP contribution in [0.2, 0.25) is 0 Å². The molecular weight excluding hydrogens is 770 g/mol. The summed E-state index contributed by atoms with van der Waals surface area (Å²) in [5.74, 6) is -3.68. The highest BCUT2D eigenvalue weighted by molar-refractivity contribution is 6.13. The number of nitrogens with one attached hydrogen (secondary N) is 6. The lowest BCUT2D eigenvalue weighted by Crippen LogP contribution is -2.64. The first-order chi connectivity index (χ1) is 28.0. The van der Waals surface area contributed by atoms with Crippen molar-refractivity contribution < 1.29 is 53.2 Å². The molecule has 0 bridgehead atoms. The summed E-state index contributed by atoms with van der Waals surface area (Å²) >= 11 is 0. The Bertz CT molecular complexity index is 2050. The van der Waals surface area contributed by atoms with Gasteiger partial charge in [0.05, 0.1) is 28.9 Å². The number of aliphatic hydroxyl groups is 2. The third-order valence-electron chi connectivity index (χ3n) is 9.73. The first kappa shape index (κ1) is 43.7. The average molecular weight is 820 g/mol. The Balaban J connectivity index is 1.02. The number of anilines is 2. The molecule has 7 atom stereocenters. The van der Waals surface area contributed by atoms with Crippen LogP contribution in [0.5, 0.6) is 0 Å². The topological polar surface area (TPSA) is 274 Å². The molecule has 1 fully saturated rings. The monoisotopic (exact) mass is 819 g/mol. The zero-order valence-corrected chi connectivity index (χ0v) is 33.1. The van der Waals surface area contributed by atoms with Gasteiger partial charge in [-0.15, -0.1) is 0 Å². The summed E-state index contributed by atoms with van der Waals surface area (Å²) < 4.78 is 11.3. The molecule has 316 valence electrons. The first-order valence-corrected chi connectivity index (χ1v) is 18.9. The van der Waals surface area contributed by atoms with Gasteiger partial charge in [0, 0.05) is 50.2 Å². The molecule has 2 aliphatic rings. The lowest BCUT2D eigenvalue weighted by Gasteiger charge is -2.42. The molecule has 0 spiro atoms. The summed E-state index contributed by atoms with van der Waals surface area (Å²) in [7, 11) is 1.36. The lowest BCUT2D eigenvalue weighted by atomic mass is 9.96. The number of pyridine rings is 1. The molecule has 0 saturated carbocycles. The molecule has 2 aromatic heterocycles. The van der Waals surface area contributed by atoms with Gasteiger partial charge in [-0.3, -0.25) is 38.7 Å². The van der Waals surface area contributed by atoms with Crippen LogP contribution in [0.1, 0.15) is 39.7 Å². The number of carbonyl (C=O) groups excluding carboxylic acids is 7. The maximum Gasteiger partial charge on any atom is 0.410 e. The zero-order chi connectivity index (χ0) is 43.0. The van der Waals surface area contributed by atoms with Gasteiger partial charge in [-0.1, -0.05) is 26.0 Å². The molecule has 4 heterocycles. The second kappa shape index (κ2) is 19.4. The first-order valence-electron chi connectivity index (χ1n) is 18.9. The number of nitrogens with zero attached hydrogens (tertiary/aromatic N) is 3. The van der Waals surface area contributed by atoms with Gasteiger partial charge in [0.15, 0.2) is 6.23 Å². The smallest absolute Gasteiger partial charge is 0.410 e. The number of amides is 7. The van der Waals surface area contributed by atoms with E-state index in [1.54, 1.807) is 69.6 Å². The predicted octanol–water partition coefficient (Wildman–Crippen LogP) is 0.0939. The number of likely N-dealkylation sites (N-methyl/N-ethyl adjacent to an activating group) is 1. The van der Waals surface area contributed by atoms with E-state index in [0.717, 1.165) is 22.0 Å². The number of carbonyl (C=O) groups is 7. The third-order valence-corrected chi connectivity index (χ3v) is 9.73. The largest absolute Gasteiger partial charge is 0.445 e. The number of H-pyrrole nitrogens is 1. The van der Waals surface area contributed by atoms with Gasteiger partial charge in [-0.05, 0) is 49.6 Å². The highest BCUT2D eigenvalue weighted by atomic mass is 16.6. The number of ether oxygens (including phenoxy) is 2. The van der Waals surface area contributed by atoms with E-state index in [1.807, 2.05) is 0 Å². The molecule has 5 rings (SSSR count). The summed E-state index contributed by atoms with van der Waals surface area (Å²) in [6.45, 7) is 5.83. The molecule has 20 heteroatoms. The minimum Gasteiger partial charge on any atom is -0.445 e. The lowest BCUT2D eigenvalue weighted by molar-refractivity contribution is -0.172. The molecule has 20 nitrogen and oxygen atoms in total. The molecule has 59 heavy (non-hydrogen) atoms. The van der Waals surface area contributed by atoms with Gasteiger partial charge < -0.3 is 56.2 Å². The minimum absolute atomic E-state index is 0.138. The molecule has 1 unspecified atom stereocenters. The van der Waals surface area contributed by atoms with Crippen molar-refractivity contribution in [3.05, 3.63) is 66.5 Å². The van der Waals surface area contributed by atoms with E-state index < -0.39 is 90.7 Å². The number of benzene rings is 1. The van der Waals surface area contributed by atoms with Crippen LogP contribution in [0, 0.1) is 5.92 Å². The van der Waals surface area contributed by atoms with Crippen LogP contribution in [0.3, 0.4) is 0 Å². The molecule has 2 aliphatic heterocycles. The average Bonchev–Trinajstić information content (AvgIpc) is 3.81. The fourth-order valence-corrected chi connectivity index (χ4v) is 6.34. The Morgan fingerprint density at radius 3 is 2.32 bits per heavy atom. The molecule has 3 aromatic rings. The number of aromatic nitrogens is 2. The standard InChI is InChI=1S/C39H49N9O11/c1-20(2)31(45-27(49)14-17-48-29(51)10-11-30(48)52)37(56)42-21(3)36(55)43-24-8-6-23(7-9-24)19-58-39(57)47(5)18-28(50)46-32-22(4)59-38(35(54)34(32)53)44-26-13-15-40-25-12-16-41-33(25)26/h6-13,15-16,20-22,31-32,34-35,38,41,53-54H,14,17-19H2,1-5H3,(H,40,44)(H,42,56)(H,43,55)(H,45,49)(H,46,50)/t21-,22-,31?,32-,34+,35+,38-/m0/s1. The SMILES string of the molecule is CC(C)C(NC(=O)CCN1C(=O)C=CC1=O)C(=O)N[C@@H](C)C(=O)Nc1ccc(COC(=O)N(C)CC(=O)N[C@@H]2[C@@H](O)[C@@H](O)[C@@H](Nc3ccnc4cc[nH]c34)O[C@H]2C)cc1. The number of imide groups is 1. The van der Waals surface area contributed by atoms with Gasteiger partial charge in [0.25, 0.3) is 11.8 Å². The van der Waals surface area contributed by atoms with Crippen molar-refractivity contribution in [2.75, 3.05) is 30.8 Å². The molecule has 1 aromatic carbocycles. The van der Waals surface area contributed by atoms with E-state index >= 15 is 0 Å². The fourth-order valence-electron chi connectivity index (χ4n) is 6.34. The highest BCUT2D eigenvalue weighted by Gasteiger charge is 2.43. The zero-order valence-electron chi connectivity index (χ0n) is 33.1. The van der Waals surface area contributed by atoms with E-state index in [1.165, 1.54) is 14.0 Å². The minimum atomic E-state index is -1.41. The fraction of sp³-hybridized carbons (Fsp3) is 0.436. The van der Waals surface area contributed by atoms with Gasteiger partial charge in [0.2, 0.25) is 23.6 Å². The Kier molecular flexibility index (Phi) is 14.4. The van der Waals surface area contributed by atoms with Crippen molar-refractivity contribution in [1.29, 1.82) is 0 Å². The quantitative estimate of drug-likeness (QED) is 0.0892. The second-order valence-electron chi connectivity index (χ2n) is 14.6. The van der Waals surface area contributed by atoms with E-state index in [0.29, 0.717) is 28.0 Å². The van der Waals surface area contributed by atoms with Crippen molar-refractivity contribution in [2.24, 2.45) is 5.92 Å². The van der Waals surface area contributed by atoms with Gasteiger partial charge >= 0.3 is 6.09 Å². The number of rotatable bonds is 16. The van der Waals surface area contributed by atoms with Crippen molar-refractivity contribution in [1.82, 2.24) is 35.7 Å². The van der Waals surface area contributed by atoms with Gasteiger partial charge in [0.1, 0.15) is 37.4 Å². The predicted molar refractivity (Wildman–Crippen MR) is 211 cm³/mol. The summed E-state index contributed by atoms with van der Waals surface area (Å²) in [5, 5.41) is 35.3. The van der Waals surface area contributed by atoms with E-state index in [9.17, 15) is 43.8 Å². The van der Waals surface area contributed by atoms with Crippen molar-refractivity contribution in [3.8, 4) is 0 Å². The van der Waals surface area contributed by atoms with Crippen molar-refractivity contribution >= 4 is 63.9 Å². The number of hydrogen-bond donors (Lipinski definition) is 8. The Hall–Kier alpha value is -6.38. The Morgan fingerprint density at radius 1 is 0.949 bits per heavy atom. The van der Waals surface area contributed by atoms with Crippen molar-refractivity contribution in [2.45, 2.75) is 83.4 Å². The van der Waals surface area contributed by atoms with Crippen LogP contribution >= 0.6 is 0 Å². The molecule has 0 radical (unpaired) electrons. The van der Waals surface area contributed by atoms with Crippen molar-refractivity contribution in [3.63, 3.8) is 0 Å². The maximum absolute atomic E-state index is 13.0. The maximum atomic E-state index is 13.0. The summed E-state index contributed by atoms with van der Waals surface area (Å²) in [5.41, 5.74) is 2.96. The highest BCUT2D eigenvalue weighted by Crippen LogP contribution is 2.26. The number of aromatic amines is 1. The molecule has 8 N–H and O–H groups in total. The van der Waals surface area contributed by atoms with Crippen LogP contribution in [0.15, 0.2) is 60.9 Å². The molecular formula is C39H49N9O11. The van der Waals surface area contributed by atoms with E-state index in [4.69, 9.17) is 9.47 Å². The van der Waals surface area contributed by atoms with E-state index in [2.05, 4.69) is 36.6 Å². The summed E-state index contributed by atoms with van der Waals surface area (Å²) in [6.07, 6.45) is 0.0127. The van der Waals surface area contributed by atoms with Crippen LogP contribution in [-0.2, 0) is 44.8 Å². The van der Waals surface area contributed by atoms with Crippen LogP contribution in [-0.4, -0.2) is 134 Å². The summed E-state index contributed by atoms with van der Waals surface area (Å²) in [6, 6.07) is 6.88. The third kappa shape index (κ3) is 11.2. The molecule has 1 saturated heterocycles. The van der Waals surface area contributed by atoms with E-state index in [-0.39, 0.29) is 25.5 Å². The molecule has 0 aliphatic carbocycles. The molecule has 7 amide bonds. The second-order valence-corrected chi connectivity index (χ2v) is 14.6. The van der Waals surface area contributed by atoms with Crippen LogP contribution < -0.4 is 26.6 Å². The Labute approximate surface area is 339 Å². The van der Waals surface area contributed by atoms with Gasteiger partial charge in [-0.25, -0.2) is 4.79 Å². The van der Waals surface area contributed by atoms with Crippen LogP contribution in [0.25, 0.3) is 11.0 Å². The summed E-state index contributed by atoms with van der Waals surface area (Å²) in [4.78, 5) is 96.8. The van der Waals surface area contributed by atoms with Gasteiger partial charge in [-0.2, -0.15) is 0 Å². The Morgan fingerprint density at radius 2 is 1.64 bits per heavy atom.